The Morgan fingerprint density at radius 1 is 1.27 bits per heavy atom. The highest BCUT2D eigenvalue weighted by Crippen LogP contribution is 2.33. The fraction of sp³-hybridized carbons (Fsp3) is 0.333. The van der Waals surface area contributed by atoms with E-state index in [9.17, 15) is 4.79 Å². The second-order valence-corrected chi connectivity index (χ2v) is 6.80. The van der Waals surface area contributed by atoms with Gasteiger partial charge in [-0.3, -0.25) is 4.79 Å². The first kappa shape index (κ1) is 14.6. The molecular formula is C18H21N3O. The lowest BCUT2D eigenvalue weighted by Crippen LogP contribution is -2.25. The Bertz CT molecular complexity index is 780. The molecule has 0 spiro atoms. The summed E-state index contributed by atoms with van der Waals surface area (Å²) in [5, 5.41) is 5.23. The van der Waals surface area contributed by atoms with E-state index in [4.69, 9.17) is 0 Å². The number of allylic oxidation sites excluding steroid dienone is 2. The number of nitrogens with zero attached hydrogens (tertiary/aromatic N) is 1. The Balaban J connectivity index is 1.80. The van der Waals surface area contributed by atoms with Crippen molar-refractivity contribution in [2.45, 2.75) is 33.6 Å². The van der Waals surface area contributed by atoms with Gasteiger partial charge in [0.25, 0.3) is 5.91 Å². The van der Waals surface area contributed by atoms with Crippen LogP contribution in [0.1, 0.15) is 44.0 Å². The van der Waals surface area contributed by atoms with Crippen molar-refractivity contribution >= 4 is 22.5 Å². The van der Waals surface area contributed by atoms with Gasteiger partial charge in [-0.05, 0) is 37.3 Å². The van der Waals surface area contributed by atoms with Crippen molar-refractivity contribution in [2.75, 3.05) is 0 Å². The van der Waals surface area contributed by atoms with Crippen molar-refractivity contribution in [3.05, 3.63) is 47.7 Å². The van der Waals surface area contributed by atoms with Crippen molar-refractivity contribution in [1.82, 2.24) is 10.4 Å². The molecule has 3 rings (SSSR count). The van der Waals surface area contributed by atoms with Crippen LogP contribution in [0.2, 0.25) is 0 Å². The minimum Gasteiger partial charge on any atom is -0.360 e. The van der Waals surface area contributed by atoms with Crippen LogP contribution in [0, 0.1) is 5.41 Å². The minimum atomic E-state index is -0.181. The normalized spacial score (nSPS) is 19.2. The van der Waals surface area contributed by atoms with E-state index in [-0.39, 0.29) is 11.3 Å². The third kappa shape index (κ3) is 2.96. The fourth-order valence-corrected chi connectivity index (χ4v) is 3.21. The number of aromatic nitrogens is 1. The quantitative estimate of drug-likeness (QED) is 0.808. The summed E-state index contributed by atoms with van der Waals surface area (Å²) in [6.45, 7) is 6.55. The van der Waals surface area contributed by atoms with Gasteiger partial charge in [-0.2, -0.15) is 5.10 Å². The van der Waals surface area contributed by atoms with E-state index >= 15 is 0 Å². The van der Waals surface area contributed by atoms with Crippen LogP contribution in [0.5, 0.6) is 0 Å². The lowest BCUT2D eigenvalue weighted by molar-refractivity contribution is 0.0956. The molecular weight excluding hydrogens is 274 g/mol. The van der Waals surface area contributed by atoms with Crippen LogP contribution in [0.25, 0.3) is 10.9 Å². The highest BCUT2D eigenvalue weighted by atomic mass is 16.2. The number of amides is 1. The van der Waals surface area contributed by atoms with E-state index < -0.39 is 0 Å². The van der Waals surface area contributed by atoms with Gasteiger partial charge in [0.1, 0.15) is 0 Å². The lowest BCUT2D eigenvalue weighted by Gasteiger charge is -2.29. The van der Waals surface area contributed by atoms with Gasteiger partial charge in [0.05, 0.1) is 11.3 Å². The Kier molecular flexibility index (Phi) is 3.61. The predicted octanol–water partition coefficient (Wildman–Crippen LogP) is 4.02. The molecule has 2 N–H and O–H groups in total. The molecule has 0 radical (unpaired) electrons. The van der Waals surface area contributed by atoms with E-state index in [0.717, 1.165) is 29.5 Å². The molecule has 1 heterocycles. The van der Waals surface area contributed by atoms with E-state index in [0.29, 0.717) is 5.56 Å². The zero-order valence-electron chi connectivity index (χ0n) is 13.2. The van der Waals surface area contributed by atoms with Gasteiger partial charge in [0.15, 0.2) is 0 Å². The summed E-state index contributed by atoms with van der Waals surface area (Å²) >= 11 is 0. The SMILES string of the molecule is CC1=C/C(=N/NC(=O)c2c[nH]c3ccccc23)CC(C)(C)C1. The van der Waals surface area contributed by atoms with Gasteiger partial charge < -0.3 is 4.98 Å². The van der Waals surface area contributed by atoms with Gasteiger partial charge in [0, 0.05) is 17.1 Å². The Morgan fingerprint density at radius 3 is 2.82 bits per heavy atom. The molecule has 1 aliphatic rings. The number of aromatic amines is 1. The maximum Gasteiger partial charge on any atom is 0.273 e. The Hall–Kier alpha value is -2.36. The molecule has 2 aromatic rings. The average molecular weight is 295 g/mol. The molecule has 0 fully saturated rings. The molecule has 0 aliphatic heterocycles. The molecule has 0 unspecified atom stereocenters. The molecule has 0 bridgehead atoms. The number of nitrogens with one attached hydrogen (secondary N) is 2. The van der Waals surface area contributed by atoms with Gasteiger partial charge in [0.2, 0.25) is 0 Å². The summed E-state index contributed by atoms with van der Waals surface area (Å²) in [7, 11) is 0. The number of hydrogen-bond donors (Lipinski definition) is 2. The summed E-state index contributed by atoms with van der Waals surface area (Å²) in [6, 6.07) is 7.75. The maximum absolute atomic E-state index is 12.3. The van der Waals surface area contributed by atoms with E-state index in [1.807, 2.05) is 24.3 Å². The number of hydrazone groups is 1. The first-order chi connectivity index (χ1) is 10.4. The molecule has 0 saturated carbocycles. The first-order valence-corrected chi connectivity index (χ1v) is 7.55. The predicted molar refractivity (Wildman–Crippen MR) is 90.0 cm³/mol. The van der Waals surface area contributed by atoms with Crippen molar-refractivity contribution < 1.29 is 4.79 Å². The van der Waals surface area contributed by atoms with E-state index in [2.05, 4.69) is 42.4 Å². The minimum absolute atomic E-state index is 0.181. The molecule has 0 saturated heterocycles. The smallest absolute Gasteiger partial charge is 0.273 e. The number of carbonyl (C=O) groups excluding carboxylic acids is 1. The molecule has 4 nitrogen and oxygen atoms in total. The third-order valence-electron chi connectivity index (χ3n) is 3.96. The van der Waals surface area contributed by atoms with Gasteiger partial charge in [-0.1, -0.05) is 37.6 Å². The lowest BCUT2D eigenvalue weighted by atomic mass is 9.77. The molecule has 1 aromatic carbocycles. The molecule has 114 valence electrons. The summed E-state index contributed by atoms with van der Waals surface area (Å²) in [5.74, 6) is -0.181. The van der Waals surface area contributed by atoms with Crippen LogP contribution in [0.4, 0.5) is 0 Å². The summed E-state index contributed by atoms with van der Waals surface area (Å²) in [6.07, 6.45) is 5.74. The topological polar surface area (TPSA) is 57.2 Å². The molecule has 1 aliphatic carbocycles. The van der Waals surface area contributed by atoms with Crippen molar-refractivity contribution in [3.8, 4) is 0 Å². The highest BCUT2D eigenvalue weighted by Gasteiger charge is 2.24. The van der Waals surface area contributed by atoms with Crippen molar-refractivity contribution in [1.29, 1.82) is 0 Å². The highest BCUT2D eigenvalue weighted by molar-refractivity contribution is 6.07. The zero-order valence-corrected chi connectivity index (χ0v) is 13.2. The molecule has 1 amide bonds. The average Bonchev–Trinajstić information content (AvgIpc) is 2.86. The standard InChI is InChI=1S/C18H21N3O/c1-12-8-13(10-18(2,3)9-12)20-21-17(22)15-11-19-16-7-5-4-6-14(15)16/h4-8,11,19H,9-10H2,1-3H3,(H,21,22)/b20-13-. The van der Waals surface area contributed by atoms with Crippen LogP contribution in [0.15, 0.2) is 47.2 Å². The van der Waals surface area contributed by atoms with Gasteiger partial charge in [-0.15, -0.1) is 0 Å². The van der Waals surface area contributed by atoms with Crippen LogP contribution in [-0.2, 0) is 0 Å². The number of carbonyl (C=O) groups is 1. The van der Waals surface area contributed by atoms with Crippen LogP contribution < -0.4 is 5.43 Å². The number of rotatable bonds is 2. The second kappa shape index (κ2) is 5.44. The van der Waals surface area contributed by atoms with Crippen LogP contribution >= 0.6 is 0 Å². The number of benzene rings is 1. The number of H-pyrrole nitrogens is 1. The van der Waals surface area contributed by atoms with Crippen LogP contribution in [-0.4, -0.2) is 16.6 Å². The number of fused-ring (bicyclic) bond motifs is 1. The number of para-hydroxylation sites is 1. The molecule has 1 aromatic heterocycles. The Labute approximate surface area is 130 Å². The third-order valence-corrected chi connectivity index (χ3v) is 3.96. The maximum atomic E-state index is 12.3. The van der Waals surface area contributed by atoms with Crippen molar-refractivity contribution in [3.63, 3.8) is 0 Å². The number of hydrogen-bond acceptors (Lipinski definition) is 2. The van der Waals surface area contributed by atoms with Gasteiger partial charge in [-0.25, -0.2) is 5.43 Å². The first-order valence-electron chi connectivity index (χ1n) is 7.55. The summed E-state index contributed by atoms with van der Waals surface area (Å²) in [5.41, 5.74) is 6.70. The zero-order chi connectivity index (χ0) is 15.7. The molecule has 0 atom stereocenters. The monoisotopic (exact) mass is 295 g/mol. The fourth-order valence-electron chi connectivity index (χ4n) is 3.21. The van der Waals surface area contributed by atoms with E-state index in [1.54, 1.807) is 6.20 Å². The van der Waals surface area contributed by atoms with Crippen molar-refractivity contribution in [2.24, 2.45) is 10.5 Å². The molecule has 4 heteroatoms. The summed E-state index contributed by atoms with van der Waals surface area (Å²) < 4.78 is 0. The summed E-state index contributed by atoms with van der Waals surface area (Å²) in [4.78, 5) is 15.5. The van der Waals surface area contributed by atoms with Crippen LogP contribution in [0.3, 0.4) is 0 Å². The Morgan fingerprint density at radius 2 is 2.05 bits per heavy atom. The largest absolute Gasteiger partial charge is 0.360 e. The van der Waals surface area contributed by atoms with E-state index in [1.165, 1.54) is 5.57 Å². The molecule has 22 heavy (non-hydrogen) atoms. The second-order valence-electron chi connectivity index (χ2n) is 6.80. The van der Waals surface area contributed by atoms with Gasteiger partial charge >= 0.3 is 0 Å².